The molecule has 0 unspecified atom stereocenters. The molecule has 7 nitrogen and oxygen atoms in total. The third kappa shape index (κ3) is 4.81. The van der Waals surface area contributed by atoms with Gasteiger partial charge in [0.15, 0.2) is 0 Å². The number of aryl methyl sites for hydroxylation is 3. The summed E-state index contributed by atoms with van der Waals surface area (Å²) >= 11 is 1.36. The summed E-state index contributed by atoms with van der Waals surface area (Å²) in [5.41, 5.74) is 2.37. The molecule has 1 amide bonds. The molecule has 9 heteroatoms. The Labute approximate surface area is 212 Å². The lowest BCUT2D eigenvalue weighted by Gasteiger charge is -2.14. The second-order valence-electron chi connectivity index (χ2n) is 9.46. The average Bonchev–Trinajstić information content (AvgIpc) is 3.41. The van der Waals surface area contributed by atoms with Gasteiger partial charge in [-0.05, 0) is 75.6 Å². The van der Waals surface area contributed by atoms with E-state index in [1.807, 2.05) is 20.8 Å². The van der Waals surface area contributed by atoms with Gasteiger partial charge in [-0.25, -0.2) is 4.39 Å². The molecule has 0 spiro atoms. The van der Waals surface area contributed by atoms with Crippen molar-refractivity contribution in [3.8, 4) is 16.2 Å². The van der Waals surface area contributed by atoms with Gasteiger partial charge in [-0.15, -0.1) is 11.3 Å². The van der Waals surface area contributed by atoms with Crippen LogP contribution in [0.1, 0.15) is 52.8 Å². The monoisotopic (exact) mass is 511 g/mol. The molecule has 0 bridgehead atoms. The highest BCUT2D eigenvalue weighted by molar-refractivity contribution is 7.16. The summed E-state index contributed by atoms with van der Waals surface area (Å²) in [4.78, 5) is 29.7. The van der Waals surface area contributed by atoms with Crippen LogP contribution < -0.4 is 15.6 Å². The maximum absolute atomic E-state index is 13.8. The zero-order valence-electron chi connectivity index (χ0n) is 21.2. The Kier molecular flexibility index (Phi) is 6.81. The first-order valence-corrected chi connectivity index (χ1v) is 12.5. The first-order chi connectivity index (χ1) is 16.9. The van der Waals surface area contributed by atoms with E-state index >= 15 is 0 Å². The van der Waals surface area contributed by atoms with Crippen molar-refractivity contribution in [1.82, 2.24) is 14.9 Å². The number of nitrogens with zero attached hydrogens (tertiary/aromatic N) is 1. The van der Waals surface area contributed by atoms with Crippen molar-refractivity contribution in [2.45, 2.75) is 46.8 Å². The second kappa shape index (κ2) is 9.55. The van der Waals surface area contributed by atoms with E-state index in [2.05, 4.69) is 10.3 Å². The number of hydrogen-bond acceptors (Lipinski definition) is 5. The smallest absolute Gasteiger partial charge is 0.274 e. The summed E-state index contributed by atoms with van der Waals surface area (Å²) < 4.78 is 21.5. The summed E-state index contributed by atoms with van der Waals surface area (Å²) in [6, 6.07) is 6.41. The first kappa shape index (κ1) is 25.7. The number of aromatic nitrogens is 2. The van der Waals surface area contributed by atoms with Gasteiger partial charge >= 0.3 is 0 Å². The average molecular weight is 512 g/mol. The molecule has 0 aliphatic heterocycles. The van der Waals surface area contributed by atoms with E-state index in [1.54, 1.807) is 39.2 Å². The molecule has 0 saturated carbocycles. The van der Waals surface area contributed by atoms with Gasteiger partial charge in [-0.3, -0.25) is 9.59 Å². The highest BCUT2D eigenvalue weighted by atomic mass is 32.1. The molecule has 0 aliphatic rings. The fourth-order valence-corrected chi connectivity index (χ4v) is 5.31. The number of aliphatic hydroxyl groups is 1. The zero-order valence-corrected chi connectivity index (χ0v) is 22.0. The number of rotatable bonds is 7. The van der Waals surface area contributed by atoms with E-state index in [9.17, 15) is 19.1 Å². The van der Waals surface area contributed by atoms with Crippen molar-refractivity contribution in [2.24, 2.45) is 7.05 Å². The summed E-state index contributed by atoms with van der Waals surface area (Å²) in [6.45, 7) is 9.55. The fourth-order valence-electron chi connectivity index (χ4n) is 4.18. The molecular weight excluding hydrogens is 481 g/mol. The Balaban J connectivity index is 1.87. The SMILES string of the molecule is CCNC(=O)c1cc2c(-c3sc(C(C)(C)O)cc3OCc3c(C)cc(F)cc3C)cn(C)c(=O)c2[nH]1. The van der Waals surface area contributed by atoms with Gasteiger partial charge in [-0.2, -0.15) is 0 Å². The van der Waals surface area contributed by atoms with Crippen LogP contribution in [-0.4, -0.2) is 27.1 Å². The van der Waals surface area contributed by atoms with E-state index < -0.39 is 5.60 Å². The largest absolute Gasteiger partial charge is 0.487 e. The Morgan fingerprint density at radius 1 is 1.22 bits per heavy atom. The zero-order chi connectivity index (χ0) is 26.4. The van der Waals surface area contributed by atoms with Crippen LogP contribution in [0.4, 0.5) is 4.39 Å². The van der Waals surface area contributed by atoms with Crippen molar-refractivity contribution in [3.63, 3.8) is 0 Å². The van der Waals surface area contributed by atoms with Crippen LogP contribution in [0.3, 0.4) is 0 Å². The topological polar surface area (TPSA) is 96.3 Å². The molecule has 3 aromatic heterocycles. The summed E-state index contributed by atoms with van der Waals surface area (Å²) in [5, 5.41) is 14.1. The maximum atomic E-state index is 13.8. The van der Waals surface area contributed by atoms with E-state index in [-0.39, 0.29) is 29.6 Å². The third-order valence-corrected chi connectivity index (χ3v) is 7.59. The number of carbonyl (C=O) groups excluding carboxylic acids is 1. The Morgan fingerprint density at radius 2 is 1.89 bits per heavy atom. The van der Waals surface area contributed by atoms with Gasteiger partial charge in [0.25, 0.3) is 11.5 Å². The molecule has 4 rings (SSSR count). The molecule has 3 N–H and O–H groups in total. The number of H-pyrrole nitrogens is 1. The molecule has 36 heavy (non-hydrogen) atoms. The first-order valence-electron chi connectivity index (χ1n) is 11.7. The van der Waals surface area contributed by atoms with Crippen LogP contribution in [0, 0.1) is 19.7 Å². The lowest BCUT2D eigenvalue weighted by molar-refractivity contribution is 0.0823. The molecule has 0 fully saturated rings. The van der Waals surface area contributed by atoms with E-state index in [0.717, 1.165) is 16.7 Å². The summed E-state index contributed by atoms with van der Waals surface area (Å²) in [5.74, 6) is -0.0676. The normalized spacial score (nSPS) is 11.8. The molecular formula is C27H30FN3O4S. The second-order valence-corrected chi connectivity index (χ2v) is 10.5. The number of fused-ring (bicyclic) bond motifs is 1. The lowest BCUT2D eigenvalue weighted by Crippen LogP contribution is -2.23. The molecule has 190 valence electrons. The van der Waals surface area contributed by atoms with Crippen LogP contribution in [0.15, 0.2) is 35.3 Å². The van der Waals surface area contributed by atoms with Crippen LogP contribution in [0.5, 0.6) is 5.75 Å². The van der Waals surface area contributed by atoms with Gasteiger partial charge in [-0.1, -0.05) is 0 Å². The third-order valence-electron chi connectivity index (χ3n) is 6.13. The number of ether oxygens (including phenoxy) is 1. The molecule has 3 heterocycles. The highest BCUT2D eigenvalue weighted by Crippen LogP contribution is 2.44. The minimum absolute atomic E-state index is 0.208. The lowest BCUT2D eigenvalue weighted by atomic mass is 10.0. The van der Waals surface area contributed by atoms with Gasteiger partial charge in [0, 0.05) is 35.6 Å². The molecule has 4 aromatic rings. The van der Waals surface area contributed by atoms with Gasteiger partial charge < -0.3 is 24.7 Å². The van der Waals surface area contributed by atoms with Gasteiger partial charge in [0.05, 0.1) is 10.5 Å². The molecule has 0 aliphatic carbocycles. The van der Waals surface area contributed by atoms with E-state index in [0.29, 0.717) is 38.5 Å². The number of benzene rings is 1. The van der Waals surface area contributed by atoms with Crippen molar-refractivity contribution in [3.05, 3.63) is 73.9 Å². The number of nitrogens with one attached hydrogen (secondary N) is 2. The quantitative estimate of drug-likeness (QED) is 0.329. The predicted molar refractivity (Wildman–Crippen MR) is 140 cm³/mol. The van der Waals surface area contributed by atoms with Gasteiger partial charge in [0.1, 0.15) is 29.4 Å². The summed E-state index contributed by atoms with van der Waals surface area (Å²) in [6.07, 6.45) is 1.71. The molecule has 0 radical (unpaired) electrons. The Morgan fingerprint density at radius 3 is 2.50 bits per heavy atom. The van der Waals surface area contributed by atoms with Crippen LogP contribution in [0.25, 0.3) is 21.3 Å². The minimum Gasteiger partial charge on any atom is -0.487 e. The van der Waals surface area contributed by atoms with Crippen molar-refractivity contribution < 1.29 is 19.0 Å². The van der Waals surface area contributed by atoms with E-state index in [1.165, 1.54) is 28.0 Å². The number of hydrogen-bond donors (Lipinski definition) is 3. The number of halogens is 1. The number of pyridine rings is 1. The number of amides is 1. The molecule has 1 aromatic carbocycles. The Bertz CT molecular complexity index is 1500. The highest BCUT2D eigenvalue weighted by Gasteiger charge is 2.26. The number of carbonyl (C=O) groups is 1. The van der Waals surface area contributed by atoms with E-state index in [4.69, 9.17) is 4.74 Å². The fraction of sp³-hybridized carbons (Fsp3) is 0.333. The van der Waals surface area contributed by atoms with Crippen LogP contribution in [0.2, 0.25) is 0 Å². The van der Waals surface area contributed by atoms with Crippen LogP contribution in [-0.2, 0) is 19.3 Å². The molecule has 0 atom stereocenters. The standard InChI is InChI=1S/C27H30FN3O4S/c1-7-29-25(32)20-10-17-18(12-31(6)26(33)23(17)30-20)24-21(11-22(36-24)27(4,5)34)35-13-19-14(2)8-16(28)9-15(19)3/h8-12,30,34H,7,13H2,1-6H3,(H,29,32). The number of thiophene rings is 1. The van der Waals surface area contributed by atoms with Crippen LogP contribution >= 0.6 is 11.3 Å². The summed E-state index contributed by atoms with van der Waals surface area (Å²) in [7, 11) is 1.65. The Hall–Kier alpha value is -3.43. The number of aromatic amines is 1. The van der Waals surface area contributed by atoms with Gasteiger partial charge in [0.2, 0.25) is 0 Å². The van der Waals surface area contributed by atoms with Crippen molar-refractivity contribution in [2.75, 3.05) is 6.54 Å². The predicted octanol–water partition coefficient (Wildman–Crippen LogP) is 4.91. The van der Waals surface area contributed by atoms with Crippen molar-refractivity contribution >= 4 is 28.1 Å². The van der Waals surface area contributed by atoms with Crippen molar-refractivity contribution in [1.29, 1.82) is 0 Å². The molecule has 0 saturated heterocycles. The minimum atomic E-state index is -1.12. The maximum Gasteiger partial charge on any atom is 0.274 e.